The van der Waals surface area contributed by atoms with Crippen LogP contribution in [0.4, 0.5) is 10.1 Å². The van der Waals surface area contributed by atoms with E-state index in [-0.39, 0.29) is 11.6 Å². The molecule has 25 heavy (non-hydrogen) atoms. The van der Waals surface area contributed by atoms with Gasteiger partial charge >= 0.3 is 0 Å². The minimum atomic E-state index is -0.251. The Bertz CT molecular complexity index is 855. The Morgan fingerprint density at radius 1 is 0.760 bits per heavy atom. The number of benzene rings is 2. The summed E-state index contributed by atoms with van der Waals surface area (Å²) in [6.45, 7) is 2.35. The van der Waals surface area contributed by atoms with E-state index in [1.165, 1.54) is 42.9 Å². The summed E-state index contributed by atoms with van der Waals surface area (Å²) >= 11 is 0. The summed E-state index contributed by atoms with van der Waals surface area (Å²) in [4.78, 5) is 24.8. The molecule has 3 nitrogen and oxygen atoms in total. The molecule has 5 rings (SSSR count). The van der Waals surface area contributed by atoms with E-state index in [2.05, 4.69) is 17.0 Å². The Morgan fingerprint density at radius 3 is 1.96 bits per heavy atom. The average Bonchev–Trinajstić information content (AvgIpc) is 3.10. The molecule has 0 N–H and O–H groups in total. The van der Waals surface area contributed by atoms with Crippen LogP contribution in [0.15, 0.2) is 36.4 Å². The number of nitrogens with zero attached hydrogens (tertiary/aromatic N) is 1. The number of fused-ring (bicyclic) bond motifs is 2. The SMILES string of the molecule is O=C1CCc2cc(F)ccc21.O=C1CCc2cc(N3CCC3)ccc21. The van der Waals surface area contributed by atoms with Gasteiger partial charge in [0.05, 0.1) is 0 Å². The number of carbonyl (C=O) groups is 2. The van der Waals surface area contributed by atoms with E-state index in [9.17, 15) is 14.0 Å². The Kier molecular flexibility index (Phi) is 4.12. The number of halogens is 1. The van der Waals surface area contributed by atoms with E-state index in [0.717, 1.165) is 17.5 Å². The lowest BCUT2D eigenvalue weighted by Gasteiger charge is -2.33. The molecule has 0 radical (unpaired) electrons. The standard InChI is InChI=1S/C12H13NO.C9H7FO/c14-12-5-2-9-8-10(3-4-11(9)12)13-6-1-7-13;10-7-2-3-8-6(5-7)1-4-9(8)11/h3-4,8H,1-2,5-7H2;2-3,5H,1,4H2. The van der Waals surface area contributed by atoms with Crippen molar-refractivity contribution >= 4 is 17.3 Å². The second-order valence-electron chi connectivity index (χ2n) is 6.83. The van der Waals surface area contributed by atoms with Gasteiger partial charge < -0.3 is 4.90 Å². The summed E-state index contributed by atoms with van der Waals surface area (Å²) in [7, 11) is 0. The van der Waals surface area contributed by atoms with Crippen molar-refractivity contribution in [2.45, 2.75) is 32.1 Å². The van der Waals surface area contributed by atoms with E-state index in [1.54, 1.807) is 6.07 Å². The highest BCUT2D eigenvalue weighted by molar-refractivity contribution is 6.01. The molecule has 0 bridgehead atoms. The fourth-order valence-electron chi connectivity index (χ4n) is 3.64. The van der Waals surface area contributed by atoms with Crippen molar-refractivity contribution in [2.75, 3.05) is 18.0 Å². The summed E-state index contributed by atoms with van der Waals surface area (Å²) in [5.74, 6) is 0.202. The van der Waals surface area contributed by atoms with Crippen LogP contribution in [0.2, 0.25) is 0 Å². The lowest BCUT2D eigenvalue weighted by atomic mass is 10.1. The molecule has 0 aromatic heterocycles. The van der Waals surface area contributed by atoms with Gasteiger partial charge in [-0.05, 0) is 66.8 Å². The number of Topliss-reactive ketones (excluding diaryl/α,β-unsaturated/α-hetero) is 2. The van der Waals surface area contributed by atoms with E-state index in [0.29, 0.717) is 30.6 Å². The lowest BCUT2D eigenvalue weighted by Crippen LogP contribution is -2.36. The van der Waals surface area contributed by atoms with Gasteiger partial charge in [-0.25, -0.2) is 4.39 Å². The first-order valence-corrected chi connectivity index (χ1v) is 8.84. The quantitative estimate of drug-likeness (QED) is 0.790. The van der Waals surface area contributed by atoms with Crippen molar-refractivity contribution in [1.29, 1.82) is 0 Å². The second-order valence-corrected chi connectivity index (χ2v) is 6.83. The molecule has 3 aliphatic rings. The van der Waals surface area contributed by atoms with Crippen molar-refractivity contribution < 1.29 is 14.0 Å². The van der Waals surface area contributed by atoms with Crippen molar-refractivity contribution in [3.8, 4) is 0 Å². The van der Waals surface area contributed by atoms with Gasteiger partial charge in [0, 0.05) is 42.7 Å². The van der Waals surface area contributed by atoms with Crippen LogP contribution in [-0.2, 0) is 12.8 Å². The predicted molar refractivity (Wildman–Crippen MR) is 95.0 cm³/mol. The maximum absolute atomic E-state index is 12.6. The molecule has 0 saturated carbocycles. The number of hydrogen-bond donors (Lipinski definition) is 0. The van der Waals surface area contributed by atoms with Crippen molar-refractivity contribution in [3.05, 3.63) is 64.5 Å². The van der Waals surface area contributed by atoms with Gasteiger partial charge in [-0.15, -0.1) is 0 Å². The zero-order valence-electron chi connectivity index (χ0n) is 14.1. The maximum atomic E-state index is 12.6. The van der Waals surface area contributed by atoms with Gasteiger partial charge in [0.2, 0.25) is 0 Å². The Balaban J connectivity index is 0.000000129. The molecule has 0 atom stereocenters. The van der Waals surface area contributed by atoms with E-state index in [4.69, 9.17) is 0 Å². The van der Waals surface area contributed by atoms with Crippen LogP contribution >= 0.6 is 0 Å². The molecule has 4 heteroatoms. The van der Waals surface area contributed by atoms with Crippen LogP contribution in [0.5, 0.6) is 0 Å². The van der Waals surface area contributed by atoms with Crippen molar-refractivity contribution in [3.63, 3.8) is 0 Å². The van der Waals surface area contributed by atoms with Crippen molar-refractivity contribution in [2.24, 2.45) is 0 Å². The van der Waals surface area contributed by atoms with Crippen LogP contribution < -0.4 is 4.90 Å². The second kappa shape index (κ2) is 6.43. The number of carbonyl (C=O) groups excluding carboxylic acids is 2. The molecule has 0 unspecified atom stereocenters. The molecule has 1 fully saturated rings. The normalized spacial score (nSPS) is 17.6. The highest BCUT2D eigenvalue weighted by atomic mass is 19.1. The monoisotopic (exact) mass is 337 g/mol. The fraction of sp³-hybridized carbons (Fsp3) is 0.333. The van der Waals surface area contributed by atoms with E-state index in [1.807, 2.05) is 6.07 Å². The third-order valence-corrected chi connectivity index (χ3v) is 5.22. The molecule has 2 aliphatic carbocycles. The van der Waals surface area contributed by atoms with Crippen LogP contribution in [0, 0.1) is 5.82 Å². The summed E-state index contributed by atoms with van der Waals surface area (Å²) in [5, 5.41) is 0. The van der Waals surface area contributed by atoms with Gasteiger partial charge in [-0.1, -0.05) is 0 Å². The molecule has 1 aliphatic heterocycles. The third-order valence-electron chi connectivity index (χ3n) is 5.22. The molecule has 1 heterocycles. The van der Waals surface area contributed by atoms with Crippen LogP contribution in [0.25, 0.3) is 0 Å². The molecule has 2 aromatic rings. The molecule has 0 spiro atoms. The minimum Gasteiger partial charge on any atom is -0.371 e. The van der Waals surface area contributed by atoms with Gasteiger partial charge in [0.15, 0.2) is 11.6 Å². The van der Waals surface area contributed by atoms with Gasteiger partial charge in [-0.2, -0.15) is 0 Å². The molecule has 1 saturated heterocycles. The summed E-state index contributed by atoms with van der Waals surface area (Å²) in [5.41, 5.74) is 5.06. The fourth-order valence-corrected chi connectivity index (χ4v) is 3.64. The van der Waals surface area contributed by atoms with Gasteiger partial charge in [0.25, 0.3) is 0 Å². The summed E-state index contributed by atoms with van der Waals surface area (Å²) < 4.78 is 12.6. The molecular weight excluding hydrogens is 317 g/mol. The summed E-state index contributed by atoms with van der Waals surface area (Å²) in [6.07, 6.45) is 4.19. The molecule has 2 aromatic carbocycles. The zero-order valence-corrected chi connectivity index (χ0v) is 14.1. The first-order valence-electron chi connectivity index (χ1n) is 8.84. The van der Waals surface area contributed by atoms with Gasteiger partial charge in [-0.3, -0.25) is 9.59 Å². The molecule has 0 amide bonds. The number of anilines is 1. The third kappa shape index (κ3) is 3.09. The first kappa shape index (κ1) is 16.0. The molecular formula is C21H20FNO2. The summed E-state index contributed by atoms with van der Waals surface area (Å²) in [6, 6.07) is 10.6. The lowest BCUT2D eigenvalue weighted by molar-refractivity contribution is 0.0986. The number of rotatable bonds is 1. The predicted octanol–water partition coefficient (Wildman–Crippen LogP) is 3.98. The number of hydrogen-bond acceptors (Lipinski definition) is 3. The largest absolute Gasteiger partial charge is 0.371 e. The Hall–Kier alpha value is -2.49. The highest BCUT2D eigenvalue weighted by Crippen LogP contribution is 2.28. The Labute approximate surface area is 146 Å². The van der Waals surface area contributed by atoms with E-state index >= 15 is 0 Å². The van der Waals surface area contributed by atoms with Gasteiger partial charge in [0.1, 0.15) is 5.82 Å². The smallest absolute Gasteiger partial charge is 0.163 e. The molecule has 128 valence electrons. The van der Waals surface area contributed by atoms with Crippen LogP contribution in [0.1, 0.15) is 51.1 Å². The topological polar surface area (TPSA) is 37.4 Å². The minimum absolute atomic E-state index is 0.139. The zero-order chi connectivity index (χ0) is 17.4. The van der Waals surface area contributed by atoms with Crippen LogP contribution in [-0.4, -0.2) is 24.7 Å². The average molecular weight is 337 g/mol. The Morgan fingerprint density at radius 2 is 1.36 bits per heavy atom. The number of aryl methyl sites for hydroxylation is 2. The van der Waals surface area contributed by atoms with Crippen molar-refractivity contribution in [1.82, 2.24) is 0 Å². The van der Waals surface area contributed by atoms with E-state index < -0.39 is 0 Å². The van der Waals surface area contributed by atoms with Crippen LogP contribution in [0.3, 0.4) is 0 Å². The number of ketones is 2. The maximum Gasteiger partial charge on any atom is 0.163 e. The first-order chi connectivity index (χ1) is 12.1. The highest BCUT2D eigenvalue weighted by Gasteiger charge is 2.22.